The number of sulfonamides is 1. The van der Waals surface area contributed by atoms with E-state index < -0.39 is 16.1 Å². The molecule has 1 aliphatic carbocycles. The first-order chi connectivity index (χ1) is 14.5. The molecule has 2 aromatic rings. The van der Waals surface area contributed by atoms with Gasteiger partial charge in [-0.05, 0) is 80.8 Å². The standard InChI is InChI=1S/C24H33BrN2O3S/c1-17-11-22(9-10-23(17)25)31(29,30)27(4)16-21(28)15-26-24(2,3)14-18-12-19-7-5-6-8-20(19)13-18/h5-11,18,21,26,28H,12-16H2,1-4H3/t21-/m1/s1. The maximum Gasteiger partial charge on any atom is 0.242 e. The van der Waals surface area contributed by atoms with Gasteiger partial charge in [-0.15, -0.1) is 0 Å². The Bertz CT molecular complexity index is 998. The zero-order valence-electron chi connectivity index (χ0n) is 18.7. The average Bonchev–Trinajstić information content (AvgIpc) is 3.09. The molecule has 0 heterocycles. The third kappa shape index (κ3) is 6.17. The number of aliphatic hydroxyl groups is 1. The molecule has 0 unspecified atom stereocenters. The summed E-state index contributed by atoms with van der Waals surface area (Å²) in [5.74, 6) is 0.584. The van der Waals surface area contributed by atoms with E-state index in [4.69, 9.17) is 0 Å². The number of halogens is 1. The molecule has 0 fully saturated rings. The Kier molecular flexibility index (Phi) is 7.64. The van der Waals surface area contributed by atoms with Crippen LogP contribution in [0.5, 0.6) is 0 Å². The molecule has 170 valence electrons. The van der Waals surface area contributed by atoms with Crippen molar-refractivity contribution in [3.05, 3.63) is 63.6 Å². The van der Waals surface area contributed by atoms with Crippen LogP contribution in [0.4, 0.5) is 0 Å². The number of β-amino-alcohol motifs (C(OH)–C–C–N with tert-alkyl or cyclic N) is 1. The Balaban J connectivity index is 1.51. The van der Waals surface area contributed by atoms with Crippen LogP contribution in [0.3, 0.4) is 0 Å². The fourth-order valence-corrected chi connectivity index (χ4v) is 5.94. The van der Waals surface area contributed by atoms with E-state index in [-0.39, 0.29) is 17.0 Å². The summed E-state index contributed by atoms with van der Waals surface area (Å²) in [6.07, 6.45) is 2.40. The van der Waals surface area contributed by atoms with Crippen LogP contribution in [0.25, 0.3) is 0 Å². The Morgan fingerprint density at radius 1 is 1.19 bits per heavy atom. The van der Waals surface area contributed by atoms with Crippen LogP contribution >= 0.6 is 15.9 Å². The number of hydrogen-bond acceptors (Lipinski definition) is 4. The summed E-state index contributed by atoms with van der Waals surface area (Å²) in [6.45, 7) is 6.52. The van der Waals surface area contributed by atoms with Gasteiger partial charge in [-0.2, -0.15) is 4.31 Å². The minimum absolute atomic E-state index is 0.0371. The summed E-state index contributed by atoms with van der Waals surface area (Å²) in [5.41, 5.74) is 3.60. The van der Waals surface area contributed by atoms with E-state index in [0.717, 1.165) is 29.3 Å². The Morgan fingerprint density at radius 3 is 2.39 bits per heavy atom. The number of nitrogens with one attached hydrogen (secondary N) is 1. The van der Waals surface area contributed by atoms with Crippen molar-refractivity contribution < 1.29 is 13.5 Å². The van der Waals surface area contributed by atoms with Crippen LogP contribution in [0.15, 0.2) is 51.8 Å². The Morgan fingerprint density at radius 2 is 1.81 bits per heavy atom. The summed E-state index contributed by atoms with van der Waals surface area (Å²) in [4.78, 5) is 0.233. The molecule has 0 saturated carbocycles. The first-order valence-electron chi connectivity index (χ1n) is 10.7. The highest BCUT2D eigenvalue weighted by atomic mass is 79.9. The SMILES string of the molecule is Cc1cc(S(=O)(=O)N(C)C[C@H](O)CNC(C)(C)CC2Cc3ccccc3C2)ccc1Br. The molecule has 3 rings (SSSR count). The summed E-state index contributed by atoms with van der Waals surface area (Å²) >= 11 is 3.40. The first-order valence-corrected chi connectivity index (χ1v) is 12.9. The highest BCUT2D eigenvalue weighted by molar-refractivity contribution is 9.10. The zero-order valence-corrected chi connectivity index (χ0v) is 21.1. The molecule has 0 amide bonds. The quantitative estimate of drug-likeness (QED) is 0.538. The Labute approximate surface area is 195 Å². The van der Waals surface area contributed by atoms with Gasteiger partial charge in [-0.25, -0.2) is 8.42 Å². The zero-order chi connectivity index (χ0) is 22.8. The van der Waals surface area contributed by atoms with Crippen LogP contribution < -0.4 is 5.32 Å². The van der Waals surface area contributed by atoms with Crippen molar-refractivity contribution >= 4 is 26.0 Å². The van der Waals surface area contributed by atoms with E-state index in [2.05, 4.69) is 59.4 Å². The molecule has 31 heavy (non-hydrogen) atoms. The van der Waals surface area contributed by atoms with Crippen LogP contribution in [-0.4, -0.2) is 49.6 Å². The molecule has 7 heteroatoms. The third-order valence-electron chi connectivity index (χ3n) is 6.06. The number of aliphatic hydroxyl groups excluding tert-OH is 1. The topological polar surface area (TPSA) is 69.6 Å². The van der Waals surface area contributed by atoms with Crippen molar-refractivity contribution in [2.45, 2.75) is 56.6 Å². The number of benzene rings is 2. The van der Waals surface area contributed by atoms with E-state index in [1.807, 2.05) is 6.92 Å². The van der Waals surface area contributed by atoms with Crippen LogP contribution in [-0.2, 0) is 22.9 Å². The second-order valence-corrected chi connectivity index (χ2v) is 12.3. The van der Waals surface area contributed by atoms with Crippen molar-refractivity contribution in [2.24, 2.45) is 5.92 Å². The first kappa shape index (κ1) is 24.4. The molecule has 1 atom stereocenters. The lowest BCUT2D eigenvalue weighted by Gasteiger charge is -2.31. The number of likely N-dealkylation sites (N-methyl/N-ethyl adjacent to an activating group) is 1. The van der Waals surface area contributed by atoms with Gasteiger partial charge in [0.15, 0.2) is 0 Å². The van der Waals surface area contributed by atoms with E-state index in [1.54, 1.807) is 18.2 Å². The number of nitrogens with zero attached hydrogens (tertiary/aromatic N) is 1. The third-order valence-corrected chi connectivity index (χ3v) is 8.77. The van der Waals surface area contributed by atoms with Crippen LogP contribution in [0.1, 0.15) is 37.0 Å². The minimum Gasteiger partial charge on any atom is -0.390 e. The van der Waals surface area contributed by atoms with Crippen LogP contribution in [0, 0.1) is 12.8 Å². The average molecular weight is 510 g/mol. The lowest BCUT2D eigenvalue weighted by atomic mass is 9.88. The molecule has 0 radical (unpaired) electrons. The lowest BCUT2D eigenvalue weighted by molar-refractivity contribution is 0.135. The highest BCUT2D eigenvalue weighted by Crippen LogP contribution is 2.32. The van der Waals surface area contributed by atoms with Gasteiger partial charge >= 0.3 is 0 Å². The van der Waals surface area contributed by atoms with Crippen molar-refractivity contribution in [3.8, 4) is 0 Å². The van der Waals surface area contributed by atoms with Crippen molar-refractivity contribution in [2.75, 3.05) is 20.1 Å². The molecular formula is C24H33BrN2O3S. The van der Waals surface area contributed by atoms with Gasteiger partial charge in [0.25, 0.3) is 0 Å². The van der Waals surface area contributed by atoms with Gasteiger partial charge in [0, 0.05) is 30.1 Å². The molecule has 5 nitrogen and oxygen atoms in total. The Hall–Kier alpha value is -1.25. The fraction of sp³-hybridized carbons (Fsp3) is 0.500. The molecule has 0 bridgehead atoms. The molecular weight excluding hydrogens is 476 g/mol. The van der Waals surface area contributed by atoms with E-state index in [0.29, 0.717) is 12.5 Å². The molecule has 2 aromatic carbocycles. The molecule has 0 aliphatic heterocycles. The summed E-state index contributed by atoms with van der Waals surface area (Å²) in [5, 5.41) is 14.0. The molecule has 1 aliphatic rings. The van der Waals surface area contributed by atoms with Crippen molar-refractivity contribution in [3.63, 3.8) is 0 Å². The second-order valence-electron chi connectivity index (χ2n) is 9.36. The molecule has 0 spiro atoms. The smallest absolute Gasteiger partial charge is 0.242 e. The lowest BCUT2D eigenvalue weighted by Crippen LogP contribution is -2.47. The van der Waals surface area contributed by atoms with Crippen LogP contribution in [0.2, 0.25) is 0 Å². The minimum atomic E-state index is -3.65. The second kappa shape index (κ2) is 9.71. The summed E-state index contributed by atoms with van der Waals surface area (Å²) in [6, 6.07) is 13.6. The number of hydrogen-bond donors (Lipinski definition) is 2. The van der Waals surface area contributed by atoms with Crippen molar-refractivity contribution in [1.82, 2.24) is 9.62 Å². The molecule has 2 N–H and O–H groups in total. The summed E-state index contributed by atoms with van der Waals surface area (Å²) in [7, 11) is -2.14. The summed E-state index contributed by atoms with van der Waals surface area (Å²) < 4.78 is 27.8. The van der Waals surface area contributed by atoms with Gasteiger partial charge in [0.1, 0.15) is 0 Å². The largest absolute Gasteiger partial charge is 0.390 e. The normalized spacial score (nSPS) is 16.0. The molecule has 0 saturated heterocycles. The van der Waals surface area contributed by atoms with Gasteiger partial charge < -0.3 is 10.4 Å². The van der Waals surface area contributed by atoms with E-state index in [1.165, 1.54) is 22.5 Å². The number of rotatable bonds is 9. The van der Waals surface area contributed by atoms with Crippen molar-refractivity contribution in [1.29, 1.82) is 0 Å². The van der Waals surface area contributed by atoms with Gasteiger partial charge in [-0.3, -0.25) is 0 Å². The predicted octanol–water partition coefficient (Wildman–Crippen LogP) is 3.91. The van der Waals surface area contributed by atoms with Gasteiger partial charge in [-0.1, -0.05) is 40.2 Å². The van der Waals surface area contributed by atoms with E-state index in [9.17, 15) is 13.5 Å². The van der Waals surface area contributed by atoms with Gasteiger partial charge in [0.05, 0.1) is 11.0 Å². The maximum atomic E-state index is 12.8. The fourth-order valence-electron chi connectivity index (χ4n) is 4.40. The van der Waals surface area contributed by atoms with E-state index >= 15 is 0 Å². The number of aryl methyl sites for hydroxylation is 1. The maximum absolute atomic E-state index is 12.8. The highest BCUT2D eigenvalue weighted by Gasteiger charge is 2.29. The van der Waals surface area contributed by atoms with Gasteiger partial charge in [0.2, 0.25) is 10.0 Å². The predicted molar refractivity (Wildman–Crippen MR) is 129 cm³/mol. The monoisotopic (exact) mass is 508 g/mol. The number of fused-ring (bicyclic) bond motifs is 1. The molecule has 0 aromatic heterocycles.